The highest BCUT2D eigenvalue weighted by molar-refractivity contribution is 5.79. The number of hydrogen-bond acceptors (Lipinski definition) is 4. The van der Waals surface area contributed by atoms with Crippen LogP contribution in [0.15, 0.2) is 72.0 Å². The Morgan fingerprint density at radius 1 is 1.20 bits per heavy atom. The lowest BCUT2D eigenvalue weighted by Crippen LogP contribution is -2.41. The van der Waals surface area contributed by atoms with E-state index >= 15 is 0 Å². The van der Waals surface area contributed by atoms with Crippen LogP contribution in [0.3, 0.4) is 0 Å². The molecule has 6 nitrogen and oxygen atoms in total. The first kappa shape index (κ1) is 19.7. The number of hydrogen-bond donors (Lipinski definition) is 2. The summed E-state index contributed by atoms with van der Waals surface area (Å²) < 4.78 is 25.8. The zero-order chi connectivity index (χ0) is 20.8. The normalized spacial score (nSPS) is 15.3. The van der Waals surface area contributed by atoms with Crippen molar-refractivity contribution in [2.24, 2.45) is 4.99 Å². The van der Waals surface area contributed by atoms with Crippen LogP contribution in [0.1, 0.15) is 11.1 Å². The van der Waals surface area contributed by atoms with E-state index in [-0.39, 0.29) is 11.9 Å². The Bertz CT molecular complexity index is 1000. The molecule has 1 aliphatic rings. The molecule has 0 saturated carbocycles. The van der Waals surface area contributed by atoms with Gasteiger partial charge in [0.1, 0.15) is 17.6 Å². The van der Waals surface area contributed by atoms with Crippen molar-refractivity contribution in [3.63, 3.8) is 0 Å². The van der Waals surface area contributed by atoms with E-state index in [1.807, 2.05) is 24.3 Å². The summed E-state index contributed by atoms with van der Waals surface area (Å²) in [6.45, 7) is 1.05. The zero-order valence-electron chi connectivity index (χ0n) is 16.6. The number of benzene rings is 2. The van der Waals surface area contributed by atoms with E-state index in [2.05, 4.69) is 26.7 Å². The molecule has 3 aromatic rings. The molecule has 0 saturated heterocycles. The predicted octanol–water partition coefficient (Wildman–Crippen LogP) is 3.68. The van der Waals surface area contributed by atoms with Crippen LogP contribution in [0, 0.1) is 5.82 Å². The highest BCUT2D eigenvalue weighted by atomic mass is 19.1. The molecule has 7 heteroatoms. The standard InChI is InChI=1S/C23H23FN4O2/c1-25-23(28-15-19-12-17-5-2-3-7-21(17)30-19)27-13-16-8-9-22(20(24)11-16)29-18-6-4-10-26-14-18/h2-11,14,19H,12-13,15H2,1H3,(H2,25,27,28). The Hall–Kier alpha value is -3.61. The molecule has 1 aromatic heterocycles. The molecule has 1 unspecified atom stereocenters. The molecular formula is C23H23FN4O2. The topological polar surface area (TPSA) is 67.8 Å². The average molecular weight is 406 g/mol. The molecule has 1 atom stereocenters. The molecule has 0 amide bonds. The lowest BCUT2D eigenvalue weighted by molar-refractivity contribution is 0.235. The minimum absolute atomic E-state index is 0.0577. The summed E-state index contributed by atoms with van der Waals surface area (Å²) in [5.41, 5.74) is 2.00. The Labute approximate surface area is 174 Å². The summed E-state index contributed by atoms with van der Waals surface area (Å²) in [5.74, 6) is 1.79. The first-order valence-electron chi connectivity index (χ1n) is 9.76. The zero-order valence-corrected chi connectivity index (χ0v) is 16.6. The van der Waals surface area contributed by atoms with Gasteiger partial charge >= 0.3 is 0 Å². The Morgan fingerprint density at radius 2 is 2.10 bits per heavy atom. The molecule has 1 aliphatic heterocycles. The molecule has 2 aromatic carbocycles. The number of aliphatic imine (C=N–C) groups is 1. The highest BCUT2D eigenvalue weighted by Gasteiger charge is 2.22. The van der Waals surface area contributed by atoms with E-state index in [0.717, 1.165) is 17.7 Å². The lowest BCUT2D eigenvalue weighted by atomic mass is 10.1. The summed E-state index contributed by atoms with van der Waals surface area (Å²) in [6, 6.07) is 16.4. The van der Waals surface area contributed by atoms with Gasteiger partial charge in [-0.1, -0.05) is 24.3 Å². The second-order valence-corrected chi connectivity index (χ2v) is 6.91. The summed E-state index contributed by atoms with van der Waals surface area (Å²) >= 11 is 0. The van der Waals surface area contributed by atoms with Crippen molar-refractivity contribution < 1.29 is 13.9 Å². The fourth-order valence-corrected chi connectivity index (χ4v) is 3.26. The molecule has 0 fully saturated rings. The van der Waals surface area contributed by atoms with Crippen LogP contribution in [0.5, 0.6) is 17.2 Å². The van der Waals surface area contributed by atoms with E-state index in [0.29, 0.717) is 24.8 Å². The van der Waals surface area contributed by atoms with Crippen molar-refractivity contribution in [3.05, 3.63) is 83.9 Å². The second kappa shape index (κ2) is 9.26. The molecule has 30 heavy (non-hydrogen) atoms. The molecule has 2 heterocycles. The number of nitrogens with one attached hydrogen (secondary N) is 2. The van der Waals surface area contributed by atoms with Gasteiger partial charge in [0.2, 0.25) is 0 Å². The molecule has 2 N–H and O–H groups in total. The van der Waals surface area contributed by atoms with Crippen LogP contribution in [-0.2, 0) is 13.0 Å². The van der Waals surface area contributed by atoms with Crippen molar-refractivity contribution in [1.82, 2.24) is 15.6 Å². The van der Waals surface area contributed by atoms with Crippen LogP contribution in [0.25, 0.3) is 0 Å². The lowest BCUT2D eigenvalue weighted by Gasteiger charge is -2.16. The predicted molar refractivity (Wildman–Crippen MR) is 113 cm³/mol. The SMILES string of the molecule is CN=C(NCc1ccc(Oc2cccnc2)c(F)c1)NCC1Cc2ccccc2O1. The van der Waals surface area contributed by atoms with Gasteiger partial charge < -0.3 is 20.1 Å². The van der Waals surface area contributed by atoms with Crippen LogP contribution in [0.4, 0.5) is 4.39 Å². The minimum Gasteiger partial charge on any atom is -0.488 e. The molecule has 0 spiro atoms. The number of pyridine rings is 1. The molecule has 4 rings (SSSR count). The van der Waals surface area contributed by atoms with Crippen molar-refractivity contribution in [2.45, 2.75) is 19.1 Å². The summed E-state index contributed by atoms with van der Waals surface area (Å²) in [7, 11) is 1.70. The Morgan fingerprint density at radius 3 is 2.87 bits per heavy atom. The number of guanidine groups is 1. The maximum absolute atomic E-state index is 14.4. The van der Waals surface area contributed by atoms with E-state index in [1.54, 1.807) is 31.4 Å². The first-order chi connectivity index (χ1) is 14.7. The number of halogens is 1. The Balaban J connectivity index is 1.27. The average Bonchev–Trinajstić information content (AvgIpc) is 3.19. The maximum atomic E-state index is 14.4. The van der Waals surface area contributed by atoms with Crippen molar-refractivity contribution >= 4 is 5.96 Å². The number of nitrogens with zero attached hydrogens (tertiary/aromatic N) is 2. The monoisotopic (exact) mass is 406 g/mol. The van der Waals surface area contributed by atoms with E-state index < -0.39 is 5.82 Å². The van der Waals surface area contributed by atoms with Crippen molar-refractivity contribution in [2.75, 3.05) is 13.6 Å². The van der Waals surface area contributed by atoms with Gasteiger partial charge in [-0.2, -0.15) is 0 Å². The van der Waals surface area contributed by atoms with Gasteiger partial charge in [0.15, 0.2) is 17.5 Å². The molecule has 0 bridgehead atoms. The fraction of sp³-hybridized carbons (Fsp3) is 0.217. The quantitative estimate of drug-likeness (QED) is 0.483. The molecule has 0 radical (unpaired) electrons. The van der Waals surface area contributed by atoms with Crippen LogP contribution in [0.2, 0.25) is 0 Å². The summed E-state index contributed by atoms with van der Waals surface area (Å²) in [5, 5.41) is 6.46. The van der Waals surface area contributed by atoms with Crippen LogP contribution in [-0.4, -0.2) is 30.6 Å². The van der Waals surface area contributed by atoms with E-state index in [9.17, 15) is 4.39 Å². The van der Waals surface area contributed by atoms with Gasteiger partial charge in [0, 0.05) is 26.2 Å². The summed E-state index contributed by atoms with van der Waals surface area (Å²) in [6.07, 6.45) is 4.10. The van der Waals surface area contributed by atoms with Crippen molar-refractivity contribution in [1.29, 1.82) is 0 Å². The highest BCUT2D eigenvalue weighted by Crippen LogP contribution is 2.27. The van der Waals surface area contributed by atoms with Gasteiger partial charge in [0.25, 0.3) is 0 Å². The van der Waals surface area contributed by atoms with Gasteiger partial charge in [-0.05, 0) is 41.5 Å². The van der Waals surface area contributed by atoms with Gasteiger partial charge in [-0.15, -0.1) is 0 Å². The third-order valence-electron chi connectivity index (χ3n) is 4.75. The van der Waals surface area contributed by atoms with Gasteiger partial charge in [-0.25, -0.2) is 4.39 Å². The third kappa shape index (κ3) is 4.86. The smallest absolute Gasteiger partial charge is 0.191 e. The number of ether oxygens (including phenoxy) is 2. The van der Waals surface area contributed by atoms with Crippen molar-refractivity contribution in [3.8, 4) is 17.2 Å². The minimum atomic E-state index is -0.432. The molecule has 0 aliphatic carbocycles. The second-order valence-electron chi connectivity index (χ2n) is 6.91. The first-order valence-corrected chi connectivity index (χ1v) is 9.76. The van der Waals surface area contributed by atoms with Gasteiger partial charge in [-0.3, -0.25) is 9.98 Å². The fourth-order valence-electron chi connectivity index (χ4n) is 3.26. The van der Waals surface area contributed by atoms with Crippen LogP contribution >= 0.6 is 0 Å². The largest absolute Gasteiger partial charge is 0.488 e. The number of fused-ring (bicyclic) bond motifs is 1. The molecular weight excluding hydrogens is 383 g/mol. The van der Waals surface area contributed by atoms with E-state index in [4.69, 9.17) is 9.47 Å². The summed E-state index contributed by atoms with van der Waals surface area (Å²) in [4.78, 5) is 8.18. The number of rotatable bonds is 6. The number of para-hydroxylation sites is 1. The Kier molecular flexibility index (Phi) is 6.08. The molecule has 154 valence electrons. The van der Waals surface area contributed by atoms with Gasteiger partial charge in [0.05, 0.1) is 12.7 Å². The third-order valence-corrected chi connectivity index (χ3v) is 4.75. The maximum Gasteiger partial charge on any atom is 0.191 e. The van der Waals surface area contributed by atoms with Crippen LogP contribution < -0.4 is 20.1 Å². The number of aromatic nitrogens is 1. The van der Waals surface area contributed by atoms with E-state index in [1.165, 1.54) is 17.8 Å².